The number of halogens is 2. The first-order valence-corrected chi connectivity index (χ1v) is 6.86. The molecule has 2 heterocycles. The van der Waals surface area contributed by atoms with E-state index in [4.69, 9.17) is 4.74 Å². The van der Waals surface area contributed by atoms with Crippen LogP contribution in [0, 0.1) is 0 Å². The van der Waals surface area contributed by atoms with Crippen molar-refractivity contribution in [1.29, 1.82) is 0 Å². The van der Waals surface area contributed by atoms with E-state index in [0.29, 0.717) is 19.8 Å². The summed E-state index contributed by atoms with van der Waals surface area (Å²) in [5, 5.41) is 9.40. The van der Waals surface area contributed by atoms with Gasteiger partial charge in [0.15, 0.2) is 5.67 Å². The topological polar surface area (TPSA) is 32.7 Å². The fourth-order valence-electron chi connectivity index (χ4n) is 2.87. The molecule has 5 heteroatoms. The van der Waals surface area contributed by atoms with E-state index in [1.807, 2.05) is 23.1 Å². The Morgan fingerprint density at radius 2 is 2.39 bits per heavy atom. The van der Waals surface area contributed by atoms with E-state index >= 15 is 0 Å². The number of fused-ring (bicyclic) bond motifs is 3. The first-order chi connectivity index (χ1) is 8.64. The van der Waals surface area contributed by atoms with Crippen LogP contribution in [0.25, 0.3) is 0 Å². The molecule has 2 aliphatic rings. The van der Waals surface area contributed by atoms with Crippen LogP contribution in [0.3, 0.4) is 0 Å². The van der Waals surface area contributed by atoms with E-state index in [9.17, 15) is 9.50 Å². The van der Waals surface area contributed by atoms with Crippen LogP contribution in [-0.2, 0) is 11.2 Å². The molecule has 0 saturated carbocycles. The molecule has 3 nitrogen and oxygen atoms in total. The van der Waals surface area contributed by atoms with Crippen molar-refractivity contribution in [2.45, 2.75) is 18.1 Å². The van der Waals surface area contributed by atoms with Crippen LogP contribution < -0.4 is 4.90 Å². The number of aliphatic hydroxyl groups excluding tert-OH is 1. The largest absolute Gasteiger partial charge is 0.393 e. The normalized spacial score (nSPS) is 30.8. The van der Waals surface area contributed by atoms with Gasteiger partial charge in [-0.2, -0.15) is 0 Å². The van der Waals surface area contributed by atoms with E-state index in [-0.39, 0.29) is 6.42 Å². The Balaban J connectivity index is 2.08. The van der Waals surface area contributed by atoms with Gasteiger partial charge in [0.1, 0.15) is 0 Å². The van der Waals surface area contributed by atoms with Gasteiger partial charge in [-0.15, -0.1) is 0 Å². The van der Waals surface area contributed by atoms with E-state index in [2.05, 4.69) is 15.9 Å². The maximum absolute atomic E-state index is 14.8. The molecule has 1 N–H and O–H groups in total. The van der Waals surface area contributed by atoms with Crippen molar-refractivity contribution in [2.24, 2.45) is 0 Å². The van der Waals surface area contributed by atoms with Crippen molar-refractivity contribution in [2.75, 3.05) is 31.3 Å². The summed E-state index contributed by atoms with van der Waals surface area (Å²) in [6, 6.07) is 5.47. The summed E-state index contributed by atoms with van der Waals surface area (Å²) < 4.78 is 21.2. The van der Waals surface area contributed by atoms with Crippen LogP contribution >= 0.6 is 15.9 Å². The summed E-state index contributed by atoms with van der Waals surface area (Å²) in [6.07, 6.45) is 0.247. The van der Waals surface area contributed by atoms with Crippen molar-refractivity contribution in [3.05, 3.63) is 28.2 Å². The summed E-state index contributed by atoms with van der Waals surface area (Å²) in [5.41, 5.74) is 0.397. The number of anilines is 1. The molecule has 1 aromatic rings. The third-order valence-electron chi connectivity index (χ3n) is 3.83. The average Bonchev–Trinajstić information content (AvgIpc) is 2.40. The van der Waals surface area contributed by atoms with Gasteiger partial charge in [-0.25, -0.2) is 4.39 Å². The number of rotatable bonds is 1. The zero-order valence-corrected chi connectivity index (χ0v) is 11.5. The van der Waals surface area contributed by atoms with Gasteiger partial charge in [-0.1, -0.05) is 22.0 Å². The average molecular weight is 316 g/mol. The molecular formula is C13H15BrFNO2. The Hall–Kier alpha value is -0.650. The lowest BCUT2D eigenvalue weighted by Gasteiger charge is -2.48. The second-order valence-electron chi connectivity index (χ2n) is 4.93. The monoisotopic (exact) mass is 315 g/mol. The number of morpholine rings is 1. The molecule has 2 aliphatic heterocycles. The molecule has 1 saturated heterocycles. The number of hydrogen-bond donors (Lipinski definition) is 1. The van der Waals surface area contributed by atoms with Crippen LogP contribution in [0.15, 0.2) is 22.7 Å². The van der Waals surface area contributed by atoms with Crippen molar-refractivity contribution in [3.8, 4) is 0 Å². The third-order valence-corrected chi connectivity index (χ3v) is 4.32. The smallest absolute Gasteiger partial charge is 0.160 e. The number of nitrogens with zero attached hydrogens (tertiary/aromatic N) is 1. The maximum Gasteiger partial charge on any atom is 0.160 e. The second-order valence-corrected chi connectivity index (χ2v) is 5.84. The van der Waals surface area contributed by atoms with Crippen molar-refractivity contribution >= 4 is 21.6 Å². The Morgan fingerprint density at radius 3 is 3.17 bits per heavy atom. The molecule has 0 aliphatic carbocycles. The van der Waals surface area contributed by atoms with Gasteiger partial charge in [-0.3, -0.25) is 0 Å². The molecule has 0 unspecified atom stereocenters. The molecule has 0 spiro atoms. The SMILES string of the molecule is OC[C@]1(F)Cc2ccc(Br)cc2N2CCOC[C@H]21. The van der Waals surface area contributed by atoms with Crippen molar-refractivity contribution in [1.82, 2.24) is 0 Å². The minimum Gasteiger partial charge on any atom is -0.393 e. The third kappa shape index (κ3) is 1.85. The fraction of sp³-hybridized carbons (Fsp3) is 0.538. The number of benzene rings is 1. The predicted octanol–water partition coefficient (Wildman–Crippen LogP) is 1.91. The standard InChI is InChI=1S/C13H15BrFNO2/c14-10-2-1-9-6-13(15,8-17)12-7-18-4-3-16(12)11(9)5-10/h1-2,5,12,17H,3-4,6-8H2/t12-,13+/m0/s1. The van der Waals surface area contributed by atoms with Crippen molar-refractivity contribution < 1.29 is 14.2 Å². The van der Waals surface area contributed by atoms with E-state index in [0.717, 1.165) is 15.7 Å². The second kappa shape index (κ2) is 4.47. The molecular weight excluding hydrogens is 301 g/mol. The minimum absolute atomic E-state index is 0.247. The number of ether oxygens (including phenoxy) is 1. The minimum atomic E-state index is -1.61. The molecule has 1 aromatic carbocycles. The molecule has 0 radical (unpaired) electrons. The zero-order valence-electron chi connectivity index (χ0n) is 9.90. The molecule has 98 valence electrons. The molecule has 18 heavy (non-hydrogen) atoms. The van der Waals surface area contributed by atoms with Gasteiger partial charge in [-0.05, 0) is 17.7 Å². The fourth-order valence-corrected chi connectivity index (χ4v) is 3.22. The Bertz CT molecular complexity index is 470. The Morgan fingerprint density at radius 1 is 1.56 bits per heavy atom. The quantitative estimate of drug-likeness (QED) is 0.859. The molecule has 0 aromatic heterocycles. The lowest BCUT2D eigenvalue weighted by molar-refractivity contribution is -0.0173. The maximum atomic E-state index is 14.8. The molecule has 3 rings (SSSR count). The summed E-state index contributed by atoms with van der Waals surface area (Å²) in [5.74, 6) is 0. The first kappa shape index (κ1) is 12.4. The van der Waals surface area contributed by atoms with Gasteiger partial charge >= 0.3 is 0 Å². The number of alkyl halides is 1. The van der Waals surface area contributed by atoms with Gasteiger partial charge in [0, 0.05) is 23.1 Å². The summed E-state index contributed by atoms with van der Waals surface area (Å²) >= 11 is 3.45. The van der Waals surface area contributed by atoms with E-state index in [1.54, 1.807) is 0 Å². The Kier molecular flexibility index (Phi) is 3.08. The Labute approximate surface area is 114 Å². The van der Waals surface area contributed by atoms with Gasteiger partial charge < -0.3 is 14.7 Å². The highest BCUT2D eigenvalue weighted by atomic mass is 79.9. The van der Waals surface area contributed by atoms with E-state index in [1.165, 1.54) is 0 Å². The molecule has 0 bridgehead atoms. The van der Waals surface area contributed by atoms with Crippen LogP contribution in [0.2, 0.25) is 0 Å². The highest BCUT2D eigenvalue weighted by Crippen LogP contribution is 2.40. The van der Waals surface area contributed by atoms with Crippen LogP contribution in [-0.4, -0.2) is 43.2 Å². The number of hydrogen-bond acceptors (Lipinski definition) is 3. The van der Waals surface area contributed by atoms with Crippen LogP contribution in [0.4, 0.5) is 10.1 Å². The van der Waals surface area contributed by atoms with Crippen LogP contribution in [0.1, 0.15) is 5.56 Å². The molecule has 2 atom stereocenters. The summed E-state index contributed by atoms with van der Waals surface area (Å²) in [7, 11) is 0. The summed E-state index contributed by atoms with van der Waals surface area (Å²) in [4.78, 5) is 2.03. The van der Waals surface area contributed by atoms with E-state index < -0.39 is 18.3 Å². The lowest BCUT2D eigenvalue weighted by atomic mass is 9.83. The van der Waals surface area contributed by atoms with Gasteiger partial charge in [0.25, 0.3) is 0 Å². The molecule has 1 fully saturated rings. The highest BCUT2D eigenvalue weighted by molar-refractivity contribution is 9.10. The van der Waals surface area contributed by atoms with Crippen LogP contribution in [0.5, 0.6) is 0 Å². The first-order valence-electron chi connectivity index (χ1n) is 6.07. The zero-order chi connectivity index (χ0) is 12.8. The highest BCUT2D eigenvalue weighted by Gasteiger charge is 2.48. The van der Waals surface area contributed by atoms with Crippen molar-refractivity contribution in [3.63, 3.8) is 0 Å². The predicted molar refractivity (Wildman–Crippen MR) is 70.7 cm³/mol. The molecule has 0 amide bonds. The van der Waals surface area contributed by atoms with Gasteiger partial charge in [0.05, 0.1) is 25.9 Å². The lowest BCUT2D eigenvalue weighted by Crippen LogP contribution is -2.62. The summed E-state index contributed by atoms with van der Waals surface area (Å²) in [6.45, 7) is 1.14. The van der Waals surface area contributed by atoms with Gasteiger partial charge in [0.2, 0.25) is 0 Å². The number of aliphatic hydroxyl groups is 1.